The van der Waals surface area contributed by atoms with Crippen molar-refractivity contribution in [2.45, 2.75) is 18.3 Å². The smallest absolute Gasteiger partial charge is 0.243 e. The summed E-state index contributed by atoms with van der Waals surface area (Å²) in [5, 5.41) is 0. The Balaban J connectivity index is 2.84. The molecule has 0 unspecified atom stereocenters. The third-order valence-corrected chi connectivity index (χ3v) is 2.58. The van der Waals surface area contributed by atoms with Gasteiger partial charge >= 0.3 is 18.3 Å². The van der Waals surface area contributed by atoms with Crippen molar-refractivity contribution < 1.29 is 53.0 Å². The van der Waals surface area contributed by atoms with Gasteiger partial charge in [-0.1, -0.05) is 0 Å². The number of halogens is 11. The average molecular weight is 359 g/mol. The van der Waals surface area contributed by atoms with E-state index in [-0.39, 0.29) is 0 Å². The average Bonchev–Trinajstić information content (AvgIpc) is 2.39. The molecule has 0 spiro atoms. The fourth-order valence-corrected chi connectivity index (χ4v) is 1.56. The Hall–Kier alpha value is -1.92. The van der Waals surface area contributed by atoms with Crippen LogP contribution in [0.15, 0.2) is 4.99 Å². The van der Waals surface area contributed by atoms with E-state index >= 15 is 0 Å². The van der Waals surface area contributed by atoms with Crippen LogP contribution in [0.5, 0.6) is 0 Å². The number of hydrogen-bond acceptors (Lipinski definition) is 2. The third-order valence-electron chi connectivity index (χ3n) is 2.58. The molecule has 0 fully saturated rings. The van der Waals surface area contributed by atoms with Gasteiger partial charge in [0.2, 0.25) is 5.82 Å². The molecule has 0 aliphatic carbocycles. The Bertz CT molecular complexity index is 682. The van der Waals surface area contributed by atoms with Crippen LogP contribution < -0.4 is 0 Å². The minimum Gasteiger partial charge on any atom is -0.243 e. The Morgan fingerprint density at radius 3 is 1.48 bits per heavy atom. The first kappa shape index (κ1) is 17.4. The molecule has 0 radical (unpaired) electrons. The lowest BCUT2D eigenvalue weighted by Gasteiger charge is -2.33. The van der Waals surface area contributed by atoms with Crippen LogP contribution >= 0.6 is 0 Å². The molecule has 23 heavy (non-hydrogen) atoms. The zero-order chi connectivity index (χ0) is 18.0. The van der Waals surface area contributed by atoms with Gasteiger partial charge in [-0.15, -0.1) is 0 Å². The molecule has 0 bridgehead atoms. The quantitative estimate of drug-likeness (QED) is 0.322. The first-order valence-electron chi connectivity index (χ1n) is 5.18. The van der Waals surface area contributed by atoms with Crippen LogP contribution in [0.25, 0.3) is 0 Å². The molecule has 0 saturated carbocycles. The Morgan fingerprint density at radius 2 is 1.04 bits per heavy atom. The summed E-state index contributed by atoms with van der Waals surface area (Å²) in [7, 11) is 0. The lowest BCUT2D eigenvalue weighted by molar-refractivity contribution is -0.418. The number of nitrogens with zero attached hydrogens (tertiary/aromatic N) is 1. The molecule has 0 amide bonds. The SMILES string of the molecule is Fc1c(F)c(F)c(C2=NC(F)(F)C(F)(F)OC2(F)F)c(F)c1F. The Morgan fingerprint density at radius 1 is 0.652 bits per heavy atom. The molecule has 128 valence electrons. The molecular formula is C10F11NO. The highest BCUT2D eigenvalue weighted by molar-refractivity contribution is 6.05. The molecule has 0 atom stereocenters. The number of rotatable bonds is 1. The van der Waals surface area contributed by atoms with Crippen molar-refractivity contribution in [2.24, 2.45) is 4.99 Å². The predicted octanol–water partition coefficient (Wildman–Crippen LogP) is 3.98. The van der Waals surface area contributed by atoms with Crippen LogP contribution in [0.3, 0.4) is 0 Å². The van der Waals surface area contributed by atoms with Gasteiger partial charge in [0.25, 0.3) is 0 Å². The van der Waals surface area contributed by atoms with Gasteiger partial charge in [-0.3, -0.25) is 0 Å². The molecular weight excluding hydrogens is 359 g/mol. The van der Waals surface area contributed by atoms with Crippen LogP contribution in [0, 0.1) is 29.1 Å². The summed E-state index contributed by atoms with van der Waals surface area (Å²) >= 11 is 0. The van der Waals surface area contributed by atoms with Gasteiger partial charge in [0.1, 0.15) is 0 Å². The first-order chi connectivity index (χ1) is 10.2. The molecule has 1 aliphatic heterocycles. The van der Waals surface area contributed by atoms with Crippen molar-refractivity contribution in [1.82, 2.24) is 0 Å². The van der Waals surface area contributed by atoms with E-state index in [1.165, 1.54) is 4.99 Å². The molecule has 1 heterocycles. The fourth-order valence-electron chi connectivity index (χ4n) is 1.56. The van der Waals surface area contributed by atoms with Gasteiger partial charge in [-0.05, 0) is 0 Å². The van der Waals surface area contributed by atoms with Crippen molar-refractivity contribution in [3.05, 3.63) is 34.6 Å². The van der Waals surface area contributed by atoms with Gasteiger partial charge in [-0.25, -0.2) is 31.7 Å². The van der Waals surface area contributed by atoms with Crippen molar-refractivity contribution in [1.29, 1.82) is 0 Å². The van der Waals surface area contributed by atoms with Crippen LogP contribution in [-0.4, -0.2) is 24.0 Å². The number of benzene rings is 1. The highest BCUT2D eigenvalue weighted by Crippen LogP contribution is 2.46. The zero-order valence-corrected chi connectivity index (χ0v) is 10.0. The normalized spacial score (nSPS) is 22.0. The summed E-state index contributed by atoms with van der Waals surface area (Å²) in [6.07, 6.45) is -11.5. The minimum absolute atomic E-state index is 1.45. The lowest BCUT2D eigenvalue weighted by atomic mass is 10.1. The third kappa shape index (κ3) is 2.42. The Labute approximate surface area is 118 Å². The molecule has 2 rings (SSSR count). The van der Waals surface area contributed by atoms with Gasteiger partial charge < -0.3 is 0 Å². The molecule has 1 aliphatic rings. The second kappa shape index (κ2) is 4.79. The number of ether oxygens (including phenoxy) is 1. The molecule has 1 aromatic rings. The maximum Gasteiger partial charge on any atom is 0.447 e. The summed E-state index contributed by atoms with van der Waals surface area (Å²) < 4.78 is 145. The monoisotopic (exact) mass is 359 g/mol. The van der Waals surface area contributed by atoms with Crippen LogP contribution in [0.1, 0.15) is 5.56 Å². The summed E-state index contributed by atoms with van der Waals surface area (Å²) in [4.78, 5) is 1.45. The summed E-state index contributed by atoms with van der Waals surface area (Å²) in [6.45, 7) is 0. The molecule has 2 nitrogen and oxygen atoms in total. The number of hydrogen-bond donors (Lipinski definition) is 0. The summed E-state index contributed by atoms with van der Waals surface area (Å²) in [5.74, 6) is -14.2. The number of aliphatic imine (C=N–C) groups is 1. The number of alkyl halides is 6. The van der Waals surface area contributed by atoms with Crippen molar-refractivity contribution in [3.63, 3.8) is 0 Å². The minimum atomic E-state index is -5.88. The van der Waals surface area contributed by atoms with E-state index in [1.807, 2.05) is 0 Å². The van der Waals surface area contributed by atoms with Gasteiger partial charge in [-0.2, -0.15) is 26.3 Å². The second-order valence-electron chi connectivity index (χ2n) is 4.08. The van der Waals surface area contributed by atoms with Crippen molar-refractivity contribution in [2.75, 3.05) is 0 Å². The summed E-state index contributed by atoms with van der Waals surface area (Å²) in [6, 6.07) is -5.75. The van der Waals surface area contributed by atoms with Crippen molar-refractivity contribution in [3.8, 4) is 0 Å². The second-order valence-corrected chi connectivity index (χ2v) is 4.08. The topological polar surface area (TPSA) is 21.6 Å². The predicted molar refractivity (Wildman–Crippen MR) is 48.7 cm³/mol. The van der Waals surface area contributed by atoms with Crippen molar-refractivity contribution >= 4 is 5.71 Å². The van der Waals surface area contributed by atoms with Crippen LogP contribution in [0.2, 0.25) is 0 Å². The van der Waals surface area contributed by atoms with Gasteiger partial charge in [0.15, 0.2) is 29.0 Å². The van der Waals surface area contributed by atoms with E-state index in [2.05, 4.69) is 4.74 Å². The van der Waals surface area contributed by atoms with E-state index in [0.717, 1.165) is 0 Å². The molecule has 0 N–H and O–H groups in total. The lowest BCUT2D eigenvalue weighted by Crippen LogP contribution is -2.55. The largest absolute Gasteiger partial charge is 0.447 e. The standard InChI is InChI=1S/C10F11NO/c11-2-1(3(12)5(14)6(15)4(2)13)7-8(16,17)23-10(20,21)9(18,19)22-7. The highest BCUT2D eigenvalue weighted by Gasteiger charge is 2.69. The fraction of sp³-hybridized carbons (Fsp3) is 0.300. The van der Waals surface area contributed by atoms with E-state index < -0.39 is 58.6 Å². The maximum absolute atomic E-state index is 13.4. The zero-order valence-electron chi connectivity index (χ0n) is 10.0. The van der Waals surface area contributed by atoms with E-state index in [4.69, 9.17) is 0 Å². The van der Waals surface area contributed by atoms with Crippen LogP contribution in [-0.2, 0) is 4.74 Å². The first-order valence-corrected chi connectivity index (χ1v) is 5.18. The summed E-state index contributed by atoms with van der Waals surface area (Å²) in [5.41, 5.74) is -5.48. The molecule has 13 heteroatoms. The highest BCUT2D eigenvalue weighted by atomic mass is 19.3. The molecule has 0 aromatic heterocycles. The molecule has 1 aromatic carbocycles. The molecule has 0 saturated heterocycles. The maximum atomic E-state index is 13.4. The van der Waals surface area contributed by atoms with Crippen LogP contribution in [0.4, 0.5) is 48.3 Å². The van der Waals surface area contributed by atoms with E-state index in [0.29, 0.717) is 0 Å². The van der Waals surface area contributed by atoms with Gasteiger partial charge in [0, 0.05) is 0 Å². The van der Waals surface area contributed by atoms with E-state index in [1.54, 1.807) is 0 Å². The van der Waals surface area contributed by atoms with Gasteiger partial charge in [0.05, 0.1) is 5.56 Å². The Kier molecular flexibility index (Phi) is 3.63. The van der Waals surface area contributed by atoms with E-state index in [9.17, 15) is 48.3 Å².